The third-order valence-corrected chi connectivity index (χ3v) is 3.98. The lowest BCUT2D eigenvalue weighted by Gasteiger charge is -2.22. The van der Waals surface area contributed by atoms with Gasteiger partial charge in [0.05, 0.1) is 18.6 Å². The summed E-state index contributed by atoms with van der Waals surface area (Å²) in [5, 5.41) is 3.16. The van der Waals surface area contributed by atoms with Crippen LogP contribution in [0, 0.1) is 0 Å². The van der Waals surface area contributed by atoms with Crippen LogP contribution in [0.4, 0.5) is 0 Å². The normalized spacial score (nSPS) is 26.4. The highest BCUT2D eigenvalue weighted by molar-refractivity contribution is 6.05. The highest BCUT2D eigenvalue weighted by Crippen LogP contribution is 2.28. The molecule has 1 saturated heterocycles. The molecule has 0 bridgehead atoms. The third-order valence-electron chi connectivity index (χ3n) is 3.98. The molecule has 5 nitrogen and oxygen atoms in total. The molecular weight excluding hydrogens is 244 g/mol. The van der Waals surface area contributed by atoms with Crippen molar-refractivity contribution in [1.29, 1.82) is 0 Å². The van der Waals surface area contributed by atoms with Crippen molar-refractivity contribution in [2.45, 2.75) is 64.1 Å². The Bertz CT molecular complexity index is 340. The fraction of sp³-hybridized carbons (Fsp3) is 0.857. The largest absolute Gasteiger partial charge is 0.377 e. The van der Waals surface area contributed by atoms with Gasteiger partial charge in [0.1, 0.15) is 0 Å². The smallest absolute Gasteiger partial charge is 0.247 e. The standard InChI is InChI=1S/C14H24N2O3/c1-3-19-10(2)9-15-12-8-13(17)16(14(12)18)11-6-4-5-7-11/h10-12,15H,3-9H2,1-2H3. The second-order valence-corrected chi connectivity index (χ2v) is 5.47. The van der Waals surface area contributed by atoms with E-state index in [0.29, 0.717) is 19.6 Å². The van der Waals surface area contributed by atoms with E-state index in [1.807, 2.05) is 13.8 Å². The van der Waals surface area contributed by atoms with Crippen LogP contribution in [0.25, 0.3) is 0 Å². The first-order chi connectivity index (χ1) is 9.13. The number of imide groups is 1. The second kappa shape index (κ2) is 6.48. The van der Waals surface area contributed by atoms with Gasteiger partial charge in [0.2, 0.25) is 11.8 Å². The Hall–Kier alpha value is -0.940. The topological polar surface area (TPSA) is 58.6 Å². The average molecular weight is 268 g/mol. The van der Waals surface area contributed by atoms with Gasteiger partial charge in [0.25, 0.3) is 0 Å². The van der Waals surface area contributed by atoms with Gasteiger partial charge in [0.15, 0.2) is 0 Å². The van der Waals surface area contributed by atoms with E-state index in [1.165, 1.54) is 4.90 Å². The van der Waals surface area contributed by atoms with Crippen LogP contribution < -0.4 is 5.32 Å². The predicted molar refractivity (Wildman–Crippen MR) is 71.6 cm³/mol. The molecule has 1 aliphatic heterocycles. The van der Waals surface area contributed by atoms with E-state index in [-0.39, 0.29) is 30.0 Å². The second-order valence-electron chi connectivity index (χ2n) is 5.47. The van der Waals surface area contributed by atoms with Gasteiger partial charge in [-0.1, -0.05) is 12.8 Å². The molecule has 2 rings (SSSR count). The third kappa shape index (κ3) is 3.34. The maximum atomic E-state index is 12.3. The Morgan fingerprint density at radius 3 is 2.68 bits per heavy atom. The summed E-state index contributed by atoms with van der Waals surface area (Å²) in [5.41, 5.74) is 0. The quantitative estimate of drug-likeness (QED) is 0.732. The van der Waals surface area contributed by atoms with Crippen LogP contribution in [0.1, 0.15) is 46.0 Å². The van der Waals surface area contributed by atoms with Gasteiger partial charge in [-0.15, -0.1) is 0 Å². The molecule has 0 spiro atoms. The van der Waals surface area contributed by atoms with Crippen LogP contribution in [0.3, 0.4) is 0 Å². The number of nitrogens with one attached hydrogen (secondary N) is 1. The molecule has 108 valence electrons. The first-order valence-electron chi connectivity index (χ1n) is 7.34. The first kappa shape index (κ1) is 14.5. The fourth-order valence-corrected chi connectivity index (χ4v) is 3.01. The van der Waals surface area contributed by atoms with Crippen molar-refractivity contribution in [2.24, 2.45) is 0 Å². The molecule has 0 aromatic carbocycles. The van der Waals surface area contributed by atoms with Crippen molar-refractivity contribution < 1.29 is 14.3 Å². The van der Waals surface area contributed by atoms with Crippen molar-refractivity contribution in [2.75, 3.05) is 13.2 Å². The van der Waals surface area contributed by atoms with Crippen LogP contribution in [-0.4, -0.2) is 48.1 Å². The highest BCUT2D eigenvalue weighted by atomic mass is 16.5. The Labute approximate surface area is 114 Å². The number of ether oxygens (including phenoxy) is 1. The van der Waals surface area contributed by atoms with Crippen LogP contribution in [0.15, 0.2) is 0 Å². The van der Waals surface area contributed by atoms with Gasteiger partial charge in [-0.3, -0.25) is 14.5 Å². The highest BCUT2D eigenvalue weighted by Gasteiger charge is 2.42. The summed E-state index contributed by atoms with van der Waals surface area (Å²) in [6, 6.07) is -0.202. The lowest BCUT2D eigenvalue weighted by Crippen LogP contribution is -2.44. The molecular formula is C14H24N2O3. The lowest BCUT2D eigenvalue weighted by atomic mass is 10.2. The summed E-state index contributed by atoms with van der Waals surface area (Å²) in [4.78, 5) is 25.8. The monoisotopic (exact) mass is 268 g/mol. The van der Waals surface area contributed by atoms with Crippen LogP contribution >= 0.6 is 0 Å². The van der Waals surface area contributed by atoms with E-state index in [0.717, 1.165) is 25.7 Å². The molecule has 2 amide bonds. The molecule has 1 saturated carbocycles. The van der Waals surface area contributed by atoms with Gasteiger partial charge < -0.3 is 10.1 Å². The fourth-order valence-electron chi connectivity index (χ4n) is 3.01. The molecule has 1 aliphatic carbocycles. The minimum atomic E-state index is -0.351. The maximum Gasteiger partial charge on any atom is 0.247 e. The van der Waals surface area contributed by atoms with Crippen LogP contribution in [0.5, 0.6) is 0 Å². The molecule has 5 heteroatoms. The van der Waals surface area contributed by atoms with Gasteiger partial charge in [-0.2, -0.15) is 0 Å². The average Bonchev–Trinajstić information content (AvgIpc) is 2.96. The summed E-state index contributed by atoms with van der Waals surface area (Å²) in [6.45, 7) is 5.18. The first-order valence-corrected chi connectivity index (χ1v) is 7.34. The molecule has 0 aromatic rings. The van der Waals surface area contributed by atoms with E-state index in [4.69, 9.17) is 4.74 Å². The summed E-state index contributed by atoms with van der Waals surface area (Å²) in [5.74, 6) is -0.0564. The van der Waals surface area contributed by atoms with Crippen molar-refractivity contribution in [1.82, 2.24) is 10.2 Å². The van der Waals surface area contributed by atoms with E-state index < -0.39 is 0 Å². The Kier molecular flexibility index (Phi) is 4.93. The number of hydrogen-bond acceptors (Lipinski definition) is 4. The lowest BCUT2D eigenvalue weighted by molar-refractivity contribution is -0.141. The molecule has 2 aliphatic rings. The number of carbonyl (C=O) groups is 2. The molecule has 0 aromatic heterocycles. The van der Waals surface area contributed by atoms with Crippen molar-refractivity contribution >= 4 is 11.8 Å². The van der Waals surface area contributed by atoms with Crippen molar-refractivity contribution in [3.8, 4) is 0 Å². The van der Waals surface area contributed by atoms with Crippen LogP contribution in [-0.2, 0) is 14.3 Å². The molecule has 1 N–H and O–H groups in total. The summed E-state index contributed by atoms with van der Waals surface area (Å²) < 4.78 is 5.42. The zero-order valence-electron chi connectivity index (χ0n) is 11.9. The molecule has 0 radical (unpaired) electrons. The number of amides is 2. The maximum absolute atomic E-state index is 12.3. The molecule has 1 heterocycles. The van der Waals surface area contributed by atoms with Crippen molar-refractivity contribution in [3.05, 3.63) is 0 Å². The zero-order chi connectivity index (χ0) is 13.8. The van der Waals surface area contributed by atoms with Crippen LogP contribution in [0.2, 0.25) is 0 Å². The Balaban J connectivity index is 1.86. The molecule has 2 atom stereocenters. The number of nitrogens with zero attached hydrogens (tertiary/aromatic N) is 1. The molecule has 2 fully saturated rings. The van der Waals surface area contributed by atoms with E-state index in [9.17, 15) is 9.59 Å². The number of hydrogen-bond donors (Lipinski definition) is 1. The minimum Gasteiger partial charge on any atom is -0.377 e. The van der Waals surface area contributed by atoms with E-state index >= 15 is 0 Å². The Morgan fingerprint density at radius 2 is 2.05 bits per heavy atom. The molecule has 2 unspecified atom stereocenters. The van der Waals surface area contributed by atoms with E-state index in [1.54, 1.807) is 0 Å². The van der Waals surface area contributed by atoms with Gasteiger partial charge in [0, 0.05) is 19.2 Å². The van der Waals surface area contributed by atoms with Gasteiger partial charge in [-0.05, 0) is 26.7 Å². The number of carbonyl (C=O) groups excluding carboxylic acids is 2. The van der Waals surface area contributed by atoms with Gasteiger partial charge in [-0.25, -0.2) is 0 Å². The number of likely N-dealkylation sites (tertiary alicyclic amines) is 1. The predicted octanol–water partition coefficient (Wildman–Crippen LogP) is 1.07. The summed E-state index contributed by atoms with van der Waals surface area (Å²) >= 11 is 0. The zero-order valence-corrected chi connectivity index (χ0v) is 11.9. The van der Waals surface area contributed by atoms with E-state index in [2.05, 4.69) is 5.32 Å². The number of rotatable bonds is 6. The summed E-state index contributed by atoms with van der Waals surface area (Å²) in [7, 11) is 0. The Morgan fingerprint density at radius 1 is 1.37 bits per heavy atom. The molecule has 19 heavy (non-hydrogen) atoms. The van der Waals surface area contributed by atoms with Crippen molar-refractivity contribution in [3.63, 3.8) is 0 Å². The summed E-state index contributed by atoms with van der Waals surface area (Å²) in [6.07, 6.45) is 4.56. The minimum absolute atomic E-state index is 0.0153. The van der Waals surface area contributed by atoms with Gasteiger partial charge >= 0.3 is 0 Å². The SMILES string of the molecule is CCOC(C)CNC1CC(=O)N(C2CCCC2)C1=O.